The number of hydrogen-bond donors (Lipinski definition) is 0. The summed E-state index contributed by atoms with van der Waals surface area (Å²) in [4.78, 5) is 21.7. The number of hydrogen-bond acceptors (Lipinski definition) is 5. The molecule has 0 aliphatic rings. The van der Waals surface area contributed by atoms with Gasteiger partial charge >= 0.3 is 5.63 Å². The van der Waals surface area contributed by atoms with Gasteiger partial charge in [0.15, 0.2) is 11.0 Å². The molecule has 6 nitrogen and oxygen atoms in total. The van der Waals surface area contributed by atoms with Crippen LogP contribution in [0.4, 0.5) is 0 Å². The Morgan fingerprint density at radius 1 is 1.03 bits per heavy atom. The molecule has 0 N–H and O–H groups in total. The Balaban J connectivity index is 1.81. The Morgan fingerprint density at radius 3 is 2.67 bits per heavy atom. The summed E-state index contributed by atoms with van der Waals surface area (Å²) in [5.74, 6) is 0.388. The maximum Gasteiger partial charge on any atom is 0.347 e. The van der Waals surface area contributed by atoms with Crippen LogP contribution in [-0.2, 0) is 0 Å². The second-order valence-corrected chi connectivity index (χ2v) is 8.83. The highest BCUT2D eigenvalue weighted by atomic mass is 79.9. The Labute approximate surface area is 195 Å². The monoisotopic (exact) mass is 564 g/mol. The van der Waals surface area contributed by atoms with Crippen LogP contribution in [0.5, 0.6) is 0 Å². The van der Waals surface area contributed by atoms with Crippen LogP contribution in [0.3, 0.4) is 0 Å². The molecule has 0 saturated carbocycles. The maximum atomic E-state index is 12.8. The van der Waals surface area contributed by atoms with Gasteiger partial charge in [0, 0.05) is 16.7 Å². The molecule has 0 aliphatic heterocycles. The van der Waals surface area contributed by atoms with E-state index in [1.54, 1.807) is 24.4 Å². The van der Waals surface area contributed by atoms with Crippen LogP contribution in [0.25, 0.3) is 39.1 Å². The summed E-state index contributed by atoms with van der Waals surface area (Å²) >= 11 is 19.4. The zero-order valence-electron chi connectivity index (χ0n) is 14.7. The van der Waals surface area contributed by atoms with Gasteiger partial charge in [-0.15, -0.1) is 0 Å². The van der Waals surface area contributed by atoms with Crippen molar-refractivity contribution >= 4 is 76.7 Å². The number of halogens is 4. The molecule has 10 heteroatoms. The highest BCUT2D eigenvalue weighted by molar-refractivity contribution is 9.11. The largest absolute Gasteiger partial charge is 0.401 e. The lowest BCUT2D eigenvalue weighted by molar-refractivity contribution is 0.513. The van der Waals surface area contributed by atoms with Gasteiger partial charge in [0.25, 0.3) is 0 Å². The smallest absolute Gasteiger partial charge is 0.347 e. The minimum absolute atomic E-state index is 0.0470. The molecule has 30 heavy (non-hydrogen) atoms. The van der Waals surface area contributed by atoms with Gasteiger partial charge < -0.3 is 4.42 Å². The van der Waals surface area contributed by atoms with Crippen LogP contribution >= 0.6 is 55.1 Å². The second-order valence-electron chi connectivity index (χ2n) is 6.33. The molecular formula is C20H8Br2Cl2N4O2. The predicted molar refractivity (Wildman–Crippen MR) is 124 cm³/mol. The van der Waals surface area contributed by atoms with Gasteiger partial charge in [0.1, 0.15) is 5.69 Å². The van der Waals surface area contributed by atoms with Crippen LogP contribution in [0, 0.1) is 0 Å². The third kappa shape index (κ3) is 3.24. The van der Waals surface area contributed by atoms with Gasteiger partial charge in [-0.1, -0.05) is 45.2 Å². The normalized spacial score (nSPS) is 11.5. The highest BCUT2D eigenvalue weighted by Gasteiger charge is 2.20. The minimum Gasteiger partial charge on any atom is -0.401 e. The van der Waals surface area contributed by atoms with Crippen LogP contribution in [-0.4, -0.2) is 19.7 Å². The summed E-state index contributed by atoms with van der Waals surface area (Å²) in [5, 5.41) is 6.90. The first kappa shape index (κ1) is 19.7. The summed E-state index contributed by atoms with van der Waals surface area (Å²) in [5.41, 5.74) is 0.281. The van der Waals surface area contributed by atoms with E-state index < -0.39 is 5.63 Å². The van der Waals surface area contributed by atoms with Crippen LogP contribution in [0.2, 0.25) is 10.2 Å². The molecule has 3 aromatic heterocycles. The fourth-order valence-electron chi connectivity index (χ4n) is 3.16. The summed E-state index contributed by atoms with van der Waals surface area (Å²) in [6.07, 6.45) is 1.57. The molecule has 0 spiro atoms. The van der Waals surface area contributed by atoms with Crippen molar-refractivity contribution < 1.29 is 4.42 Å². The Hall–Kier alpha value is -2.26. The third-order valence-corrected chi connectivity index (χ3v) is 6.25. The molecule has 3 heterocycles. The molecule has 0 unspecified atom stereocenters. The lowest BCUT2D eigenvalue weighted by Crippen LogP contribution is -2.07. The van der Waals surface area contributed by atoms with E-state index in [0.29, 0.717) is 31.9 Å². The van der Waals surface area contributed by atoms with Crippen LogP contribution < -0.4 is 5.63 Å². The molecule has 0 amide bonds. The predicted octanol–water partition coefficient (Wildman–Crippen LogP) is 6.42. The summed E-state index contributed by atoms with van der Waals surface area (Å²) in [6.45, 7) is 0. The van der Waals surface area contributed by atoms with Crippen molar-refractivity contribution in [2.45, 2.75) is 0 Å². The minimum atomic E-state index is -0.534. The molecule has 0 aliphatic carbocycles. The van der Waals surface area contributed by atoms with Crippen LogP contribution in [0.15, 0.2) is 66.8 Å². The van der Waals surface area contributed by atoms with E-state index in [-0.39, 0.29) is 11.0 Å². The van der Waals surface area contributed by atoms with E-state index in [4.69, 9.17) is 27.6 Å². The second kappa shape index (κ2) is 7.46. The van der Waals surface area contributed by atoms with E-state index in [0.717, 1.165) is 15.2 Å². The zero-order valence-corrected chi connectivity index (χ0v) is 19.4. The highest BCUT2D eigenvalue weighted by Crippen LogP contribution is 2.34. The zero-order chi connectivity index (χ0) is 21.0. The number of rotatable bonds is 2. The fourth-order valence-corrected chi connectivity index (χ4v) is 4.59. The Kier molecular flexibility index (Phi) is 4.89. The van der Waals surface area contributed by atoms with E-state index in [1.165, 1.54) is 10.7 Å². The molecule has 0 atom stereocenters. The summed E-state index contributed by atoms with van der Waals surface area (Å²) < 4.78 is 8.52. The van der Waals surface area contributed by atoms with E-state index in [9.17, 15) is 4.79 Å². The van der Waals surface area contributed by atoms with E-state index in [2.05, 4.69) is 46.9 Å². The number of pyridine rings is 1. The van der Waals surface area contributed by atoms with Gasteiger partial charge in [-0.3, -0.25) is 0 Å². The molecule has 0 bridgehead atoms. The summed E-state index contributed by atoms with van der Waals surface area (Å²) in [6, 6.07) is 12.4. The molecule has 148 valence electrons. The molecule has 5 aromatic rings. The van der Waals surface area contributed by atoms with Gasteiger partial charge in [0.05, 0.1) is 20.4 Å². The van der Waals surface area contributed by atoms with Crippen molar-refractivity contribution in [3.05, 3.63) is 78.2 Å². The van der Waals surface area contributed by atoms with Crippen molar-refractivity contribution in [1.82, 2.24) is 19.7 Å². The average Bonchev–Trinajstić information content (AvgIpc) is 3.10. The van der Waals surface area contributed by atoms with Gasteiger partial charge in [-0.25, -0.2) is 19.4 Å². The topological polar surface area (TPSA) is 73.8 Å². The molecule has 5 rings (SSSR count). The van der Waals surface area contributed by atoms with E-state index in [1.807, 2.05) is 18.2 Å². The first-order valence-electron chi connectivity index (χ1n) is 8.52. The third-order valence-electron chi connectivity index (χ3n) is 4.47. The van der Waals surface area contributed by atoms with Gasteiger partial charge in [0.2, 0.25) is 5.89 Å². The molecular weight excluding hydrogens is 559 g/mol. The standard InChI is InChI=1S/C20H8Br2Cl2N4O2/c21-10-3-4-11-9(6-10)7-12-17(16(11)22)26-19(30-20(12)29)14-8-15(24)27-28(14)18-13(23)2-1-5-25-18/h1-8H. The van der Waals surface area contributed by atoms with Crippen molar-refractivity contribution in [1.29, 1.82) is 0 Å². The fraction of sp³-hybridized carbons (Fsp3) is 0. The number of aromatic nitrogens is 4. The summed E-state index contributed by atoms with van der Waals surface area (Å²) in [7, 11) is 0. The van der Waals surface area contributed by atoms with Gasteiger partial charge in [-0.05, 0) is 57.0 Å². The van der Waals surface area contributed by atoms with Crippen LogP contribution in [0.1, 0.15) is 0 Å². The molecule has 2 aromatic carbocycles. The first-order valence-corrected chi connectivity index (χ1v) is 10.9. The maximum absolute atomic E-state index is 12.8. The number of benzene rings is 2. The number of fused-ring (bicyclic) bond motifs is 2. The molecule has 0 radical (unpaired) electrons. The van der Waals surface area contributed by atoms with Crippen molar-refractivity contribution in [2.24, 2.45) is 0 Å². The lowest BCUT2D eigenvalue weighted by Gasteiger charge is -2.09. The molecule has 0 fully saturated rings. The Morgan fingerprint density at radius 2 is 1.87 bits per heavy atom. The van der Waals surface area contributed by atoms with Crippen molar-refractivity contribution in [3.8, 4) is 17.4 Å². The first-order chi connectivity index (χ1) is 14.4. The van der Waals surface area contributed by atoms with E-state index >= 15 is 0 Å². The number of nitrogens with zero attached hydrogens (tertiary/aromatic N) is 4. The lowest BCUT2D eigenvalue weighted by atomic mass is 10.1. The van der Waals surface area contributed by atoms with Gasteiger partial charge in [-0.2, -0.15) is 5.10 Å². The molecule has 0 saturated heterocycles. The average molecular weight is 567 g/mol. The quantitative estimate of drug-likeness (QED) is 0.231. The van der Waals surface area contributed by atoms with Crippen molar-refractivity contribution in [3.63, 3.8) is 0 Å². The Bertz CT molecular complexity index is 1530. The SMILES string of the molecule is O=c1oc(-c2cc(Cl)nn2-c2ncccc2Cl)nc2c(Br)c3ccc(Br)cc3cc12. The van der Waals surface area contributed by atoms with Crippen molar-refractivity contribution in [2.75, 3.05) is 0 Å².